The Kier molecular flexibility index (Phi) is 67.2. The van der Waals surface area contributed by atoms with Crippen LogP contribution in [-0.4, -0.2) is 96.7 Å². The van der Waals surface area contributed by atoms with Crippen LogP contribution in [0.4, 0.5) is 0 Å². The van der Waals surface area contributed by atoms with Crippen LogP contribution in [0.25, 0.3) is 0 Å². The number of hydrogen-bond acceptors (Lipinski definition) is 15. The molecule has 0 saturated heterocycles. The summed E-state index contributed by atoms with van der Waals surface area (Å²) >= 11 is 0. The highest BCUT2D eigenvalue weighted by atomic mass is 31.2. The van der Waals surface area contributed by atoms with E-state index in [2.05, 4.69) is 72.8 Å². The minimum Gasteiger partial charge on any atom is -0.462 e. The lowest BCUT2D eigenvalue weighted by Gasteiger charge is -2.21. The van der Waals surface area contributed by atoms with Gasteiger partial charge in [0.2, 0.25) is 0 Å². The molecule has 0 aromatic heterocycles. The Labute approximate surface area is 599 Å². The second kappa shape index (κ2) is 68.9. The molecule has 0 spiro atoms. The first-order valence-electron chi connectivity index (χ1n) is 40.2. The molecule has 3 N–H and O–H groups in total. The predicted octanol–water partition coefficient (Wildman–Crippen LogP) is 22.9. The highest BCUT2D eigenvalue weighted by Crippen LogP contribution is 2.45. The standard InChI is InChI=1S/C79H150O17P2/c1-8-9-10-11-12-13-14-15-20-24-27-34-39-48-55-62-78(83)95-74(66-89-76(81)60-53-46-38-33-30-29-32-37-44-51-58-71(4)5)68-93-97(85,86)91-64-73(80)65-92-98(87,88)94-69-75(67-90-77(82)61-54-47-42-41-45-52-59-72(6)7)96-79(84)63-56-49-40-35-28-25-22-19-17-16-18-21-23-26-31-36-43-50-57-70(2)3/h13-15,20,70-75,80H,8-12,16-19,21-69H2,1-7H3,(H,85,86)(H,87,88)/b14-13-,20-15-/t73?,74-,75-/m1/s1. The van der Waals surface area contributed by atoms with Crippen molar-refractivity contribution in [1.29, 1.82) is 0 Å². The van der Waals surface area contributed by atoms with Gasteiger partial charge in [-0.2, -0.15) is 0 Å². The molecule has 0 amide bonds. The highest BCUT2D eigenvalue weighted by molar-refractivity contribution is 7.47. The van der Waals surface area contributed by atoms with Gasteiger partial charge >= 0.3 is 39.5 Å². The summed E-state index contributed by atoms with van der Waals surface area (Å²) in [5.41, 5.74) is 0. The molecular weight excluding hydrogens is 1280 g/mol. The summed E-state index contributed by atoms with van der Waals surface area (Å²) in [6.07, 6.45) is 59.3. The Morgan fingerprint density at radius 2 is 0.551 bits per heavy atom. The van der Waals surface area contributed by atoms with E-state index in [9.17, 15) is 43.2 Å². The van der Waals surface area contributed by atoms with Gasteiger partial charge in [0.1, 0.15) is 19.3 Å². The number of carbonyl (C=O) groups excluding carboxylic acids is 4. The first kappa shape index (κ1) is 95.5. The van der Waals surface area contributed by atoms with E-state index in [0.717, 1.165) is 121 Å². The molecule has 0 heterocycles. The fourth-order valence-corrected chi connectivity index (χ4v) is 13.2. The summed E-state index contributed by atoms with van der Waals surface area (Å²) in [6, 6.07) is 0. The van der Waals surface area contributed by atoms with Crippen molar-refractivity contribution in [2.24, 2.45) is 17.8 Å². The van der Waals surface area contributed by atoms with Crippen molar-refractivity contribution in [3.63, 3.8) is 0 Å². The molecule has 0 aliphatic carbocycles. The van der Waals surface area contributed by atoms with E-state index in [-0.39, 0.29) is 25.7 Å². The van der Waals surface area contributed by atoms with Crippen LogP contribution >= 0.6 is 15.6 Å². The van der Waals surface area contributed by atoms with E-state index >= 15 is 0 Å². The number of hydrogen-bond donors (Lipinski definition) is 3. The highest BCUT2D eigenvalue weighted by Gasteiger charge is 2.30. The van der Waals surface area contributed by atoms with E-state index in [1.165, 1.54) is 173 Å². The van der Waals surface area contributed by atoms with E-state index in [4.69, 9.17) is 37.0 Å². The first-order valence-corrected chi connectivity index (χ1v) is 43.2. The molecule has 0 aromatic rings. The molecule has 0 aliphatic heterocycles. The van der Waals surface area contributed by atoms with Crippen LogP contribution in [0.15, 0.2) is 24.3 Å². The van der Waals surface area contributed by atoms with Crippen LogP contribution in [0, 0.1) is 17.8 Å². The molecule has 0 fully saturated rings. The molecule has 5 atom stereocenters. The molecule has 3 unspecified atom stereocenters. The molecule has 0 bridgehead atoms. The number of phosphoric acid groups is 2. The summed E-state index contributed by atoms with van der Waals surface area (Å²) in [7, 11) is -9.93. The van der Waals surface area contributed by atoms with Crippen molar-refractivity contribution in [3.05, 3.63) is 24.3 Å². The predicted molar refractivity (Wildman–Crippen MR) is 400 cm³/mol. The van der Waals surface area contributed by atoms with Crippen LogP contribution in [0.2, 0.25) is 0 Å². The SMILES string of the molecule is CCCCCC/C=C\C=C/CCCCCCCC(=O)O[C@H](COC(=O)CCCCCCCCCCCCC(C)C)COP(=O)(O)OCC(O)COP(=O)(O)OC[C@@H](COC(=O)CCCCCCCCC(C)C)OC(=O)CCCCCCCCCCCCCCCCCCCCC(C)C. The quantitative estimate of drug-likeness (QED) is 0.0169. The zero-order valence-electron chi connectivity index (χ0n) is 63.7. The van der Waals surface area contributed by atoms with Gasteiger partial charge in [0, 0.05) is 25.7 Å². The topological polar surface area (TPSA) is 237 Å². The summed E-state index contributed by atoms with van der Waals surface area (Å²) < 4.78 is 68.5. The van der Waals surface area contributed by atoms with Crippen molar-refractivity contribution < 1.29 is 80.2 Å². The fraction of sp³-hybridized carbons (Fsp3) is 0.899. The number of carbonyl (C=O) groups is 4. The van der Waals surface area contributed by atoms with E-state index < -0.39 is 97.5 Å². The average molecular weight is 1430 g/mol. The normalized spacial score (nSPS) is 14.2. The van der Waals surface area contributed by atoms with Gasteiger partial charge in [0.05, 0.1) is 26.4 Å². The fourth-order valence-electron chi connectivity index (χ4n) is 11.6. The lowest BCUT2D eigenvalue weighted by molar-refractivity contribution is -0.161. The molecular formula is C79H150O17P2. The van der Waals surface area contributed by atoms with Crippen molar-refractivity contribution in [2.45, 2.75) is 401 Å². The molecule has 0 rings (SSSR count). The zero-order valence-corrected chi connectivity index (χ0v) is 65.5. The largest absolute Gasteiger partial charge is 0.472 e. The molecule has 0 aromatic carbocycles. The van der Waals surface area contributed by atoms with Gasteiger partial charge in [-0.25, -0.2) is 9.13 Å². The van der Waals surface area contributed by atoms with Gasteiger partial charge in [-0.1, -0.05) is 330 Å². The van der Waals surface area contributed by atoms with Crippen molar-refractivity contribution in [2.75, 3.05) is 39.6 Å². The number of esters is 4. The van der Waals surface area contributed by atoms with Crippen LogP contribution in [0.1, 0.15) is 382 Å². The Morgan fingerprint density at radius 3 is 0.827 bits per heavy atom. The van der Waals surface area contributed by atoms with Crippen LogP contribution < -0.4 is 0 Å². The third-order valence-electron chi connectivity index (χ3n) is 17.8. The van der Waals surface area contributed by atoms with Crippen LogP contribution in [-0.2, 0) is 65.4 Å². The molecule has 98 heavy (non-hydrogen) atoms. The molecule has 19 heteroatoms. The molecule has 0 aliphatic rings. The number of aliphatic hydroxyl groups excluding tert-OH is 1. The lowest BCUT2D eigenvalue weighted by atomic mass is 10.0. The van der Waals surface area contributed by atoms with E-state index in [1.54, 1.807) is 0 Å². The number of phosphoric ester groups is 2. The third kappa shape index (κ3) is 71.9. The summed E-state index contributed by atoms with van der Waals surface area (Å²) in [6.45, 7) is 11.8. The van der Waals surface area contributed by atoms with Gasteiger partial charge in [-0.15, -0.1) is 0 Å². The van der Waals surface area contributed by atoms with Gasteiger partial charge in [-0.05, 0) is 69.1 Å². The number of allylic oxidation sites excluding steroid dienone is 4. The maximum Gasteiger partial charge on any atom is 0.472 e. The van der Waals surface area contributed by atoms with Gasteiger partial charge < -0.3 is 33.8 Å². The molecule has 578 valence electrons. The number of aliphatic hydroxyl groups is 1. The monoisotopic (exact) mass is 1430 g/mol. The van der Waals surface area contributed by atoms with Gasteiger partial charge in [-0.3, -0.25) is 37.3 Å². The van der Waals surface area contributed by atoms with Crippen molar-refractivity contribution in [1.82, 2.24) is 0 Å². The second-order valence-corrected chi connectivity index (χ2v) is 32.1. The maximum absolute atomic E-state index is 13.1. The molecule has 17 nitrogen and oxygen atoms in total. The molecule has 0 saturated carbocycles. The Morgan fingerprint density at radius 1 is 0.316 bits per heavy atom. The number of ether oxygens (including phenoxy) is 4. The summed E-state index contributed by atoms with van der Waals surface area (Å²) in [4.78, 5) is 72.8. The first-order chi connectivity index (χ1) is 47.2. The van der Waals surface area contributed by atoms with Gasteiger partial charge in [0.15, 0.2) is 12.2 Å². The average Bonchev–Trinajstić information content (AvgIpc) is 0.948. The lowest BCUT2D eigenvalue weighted by Crippen LogP contribution is -2.30. The van der Waals surface area contributed by atoms with Gasteiger partial charge in [0.25, 0.3) is 0 Å². The van der Waals surface area contributed by atoms with Crippen molar-refractivity contribution >= 4 is 39.5 Å². The minimum atomic E-state index is -4.97. The van der Waals surface area contributed by atoms with E-state index in [0.29, 0.717) is 31.6 Å². The smallest absolute Gasteiger partial charge is 0.462 e. The Balaban J connectivity index is 5.22. The van der Waals surface area contributed by atoms with Crippen molar-refractivity contribution in [3.8, 4) is 0 Å². The zero-order chi connectivity index (χ0) is 72.3. The van der Waals surface area contributed by atoms with E-state index in [1.807, 2.05) is 0 Å². The number of unbranched alkanes of at least 4 members (excludes halogenated alkanes) is 40. The Bertz CT molecular complexity index is 2000. The third-order valence-corrected chi connectivity index (χ3v) is 19.7. The maximum atomic E-state index is 13.1. The van der Waals surface area contributed by atoms with Crippen LogP contribution in [0.5, 0.6) is 0 Å². The number of rotatable bonds is 75. The summed E-state index contributed by atoms with van der Waals surface area (Å²) in [5.74, 6) is 0.105. The van der Waals surface area contributed by atoms with Crippen LogP contribution in [0.3, 0.4) is 0 Å². The summed E-state index contributed by atoms with van der Waals surface area (Å²) in [5, 5.41) is 10.6. The Hall–Kier alpha value is -2.46. The molecule has 0 radical (unpaired) electrons. The minimum absolute atomic E-state index is 0.0845. The second-order valence-electron chi connectivity index (χ2n) is 29.2.